The Kier molecular flexibility index (Phi) is 6.27. The molecule has 1 aliphatic rings. The maximum absolute atomic E-state index is 14.9. The number of halogens is 1. The highest BCUT2D eigenvalue weighted by molar-refractivity contribution is 5.96. The third-order valence-electron chi connectivity index (χ3n) is 4.92. The normalized spacial score (nSPS) is 15.0. The highest BCUT2D eigenvalue weighted by Crippen LogP contribution is 2.35. The Morgan fingerprint density at radius 3 is 2.81 bits per heavy atom. The van der Waals surface area contributed by atoms with Gasteiger partial charge in [0.05, 0.1) is 17.6 Å². The molecule has 0 bridgehead atoms. The number of nitrogens with one attached hydrogen (secondary N) is 2. The number of anilines is 1. The summed E-state index contributed by atoms with van der Waals surface area (Å²) in [6, 6.07) is 9.92. The van der Waals surface area contributed by atoms with E-state index in [1.54, 1.807) is 37.4 Å². The van der Waals surface area contributed by atoms with Crippen LogP contribution in [0.25, 0.3) is 11.3 Å². The van der Waals surface area contributed by atoms with E-state index in [1.807, 2.05) is 25.1 Å². The molecule has 1 unspecified atom stereocenters. The number of H-pyrrole nitrogens is 1. The largest absolute Gasteiger partial charge is 0.490 e. The molecule has 1 aliphatic heterocycles. The fraction of sp³-hybridized carbons (Fsp3) is 0.304. The summed E-state index contributed by atoms with van der Waals surface area (Å²) < 4.78 is 32.2. The van der Waals surface area contributed by atoms with E-state index >= 15 is 0 Å². The van der Waals surface area contributed by atoms with Gasteiger partial charge in [-0.1, -0.05) is 12.1 Å². The van der Waals surface area contributed by atoms with Crippen LogP contribution in [0, 0.1) is 12.7 Å². The maximum atomic E-state index is 14.9. The summed E-state index contributed by atoms with van der Waals surface area (Å²) in [4.78, 5) is 22.0. The summed E-state index contributed by atoms with van der Waals surface area (Å²) in [5, 5.41) is 2.73. The van der Waals surface area contributed by atoms with Crippen LogP contribution in [0.2, 0.25) is 0 Å². The average molecular weight is 440 g/mol. The molecule has 32 heavy (non-hydrogen) atoms. The van der Waals surface area contributed by atoms with Gasteiger partial charge in [0.25, 0.3) is 5.91 Å². The molecule has 8 nitrogen and oxygen atoms in total. The Morgan fingerprint density at radius 1 is 1.31 bits per heavy atom. The fourth-order valence-electron chi connectivity index (χ4n) is 3.23. The smallest absolute Gasteiger partial charge is 0.269 e. The van der Waals surface area contributed by atoms with Crippen molar-refractivity contribution in [1.29, 1.82) is 0 Å². The van der Waals surface area contributed by atoms with Crippen molar-refractivity contribution in [2.45, 2.75) is 13.0 Å². The van der Waals surface area contributed by atoms with Crippen molar-refractivity contribution < 1.29 is 23.4 Å². The molecule has 0 radical (unpaired) electrons. The lowest BCUT2D eigenvalue weighted by atomic mass is 10.1. The molecule has 2 N–H and O–H groups in total. The van der Waals surface area contributed by atoms with Crippen molar-refractivity contribution in [3.63, 3.8) is 0 Å². The van der Waals surface area contributed by atoms with Gasteiger partial charge in [0.15, 0.2) is 11.5 Å². The van der Waals surface area contributed by atoms with E-state index in [0.29, 0.717) is 47.5 Å². The third-order valence-corrected chi connectivity index (χ3v) is 4.92. The first-order chi connectivity index (χ1) is 15.4. The number of hydrogen-bond acceptors (Lipinski definition) is 6. The second-order valence-corrected chi connectivity index (χ2v) is 7.72. The van der Waals surface area contributed by atoms with Crippen LogP contribution in [-0.4, -0.2) is 60.7 Å². The highest BCUT2D eigenvalue weighted by Gasteiger charge is 2.28. The number of rotatable bonds is 7. The summed E-state index contributed by atoms with van der Waals surface area (Å²) in [5.41, 5.74) is 1.04. The first-order valence-electron chi connectivity index (χ1n) is 10.2. The number of para-hydroxylation sites is 2. The van der Waals surface area contributed by atoms with Gasteiger partial charge in [0.1, 0.15) is 30.6 Å². The van der Waals surface area contributed by atoms with Crippen LogP contribution in [0.5, 0.6) is 17.2 Å². The lowest BCUT2D eigenvalue weighted by Crippen LogP contribution is -2.40. The van der Waals surface area contributed by atoms with Gasteiger partial charge in [-0.3, -0.25) is 4.79 Å². The van der Waals surface area contributed by atoms with Gasteiger partial charge in [-0.05, 0) is 39.2 Å². The molecule has 1 atom stereocenters. The minimum absolute atomic E-state index is 0.0493. The van der Waals surface area contributed by atoms with Gasteiger partial charge in [0, 0.05) is 18.2 Å². The van der Waals surface area contributed by atoms with E-state index in [0.717, 1.165) is 0 Å². The monoisotopic (exact) mass is 440 g/mol. The molecule has 168 valence electrons. The molecule has 0 spiro atoms. The number of ether oxygens (including phenoxy) is 3. The Morgan fingerprint density at radius 2 is 2.09 bits per heavy atom. The summed E-state index contributed by atoms with van der Waals surface area (Å²) in [7, 11) is 3.85. The van der Waals surface area contributed by atoms with E-state index in [1.165, 1.54) is 6.07 Å². The SMILES string of the molecule is Cc1ncc(-c2cc(OCCN(C)C)c(NC(=O)C3COc4ccccc4O3)cc2F)[nH]1. The van der Waals surface area contributed by atoms with Crippen LogP contribution in [-0.2, 0) is 4.79 Å². The number of carbonyl (C=O) groups excluding carboxylic acids is 1. The van der Waals surface area contributed by atoms with E-state index < -0.39 is 17.8 Å². The molecular weight excluding hydrogens is 415 g/mol. The Balaban J connectivity index is 1.57. The molecule has 0 saturated carbocycles. The number of aromatic amines is 1. The molecule has 0 fully saturated rings. The van der Waals surface area contributed by atoms with Crippen LogP contribution in [0.15, 0.2) is 42.6 Å². The van der Waals surface area contributed by atoms with Crippen molar-refractivity contribution >= 4 is 11.6 Å². The standard InChI is InChI=1S/C23H25FN4O4/c1-14-25-12-18(26-14)15-10-21(30-9-8-28(2)3)17(11-16(15)24)27-23(29)22-13-31-19-6-4-5-7-20(19)32-22/h4-7,10-12,22H,8-9,13H2,1-3H3,(H,25,26)(H,27,29). The number of nitrogens with zero attached hydrogens (tertiary/aromatic N) is 2. The maximum Gasteiger partial charge on any atom is 0.269 e. The van der Waals surface area contributed by atoms with E-state index in [-0.39, 0.29) is 12.3 Å². The van der Waals surface area contributed by atoms with Gasteiger partial charge in [0.2, 0.25) is 6.10 Å². The van der Waals surface area contributed by atoms with Crippen molar-refractivity contribution in [1.82, 2.24) is 14.9 Å². The fourth-order valence-corrected chi connectivity index (χ4v) is 3.23. The molecule has 3 aromatic rings. The Labute approximate surface area is 185 Å². The van der Waals surface area contributed by atoms with Crippen molar-refractivity contribution in [3.8, 4) is 28.5 Å². The third kappa shape index (κ3) is 4.83. The molecule has 9 heteroatoms. The molecule has 0 saturated heterocycles. The molecule has 2 heterocycles. The van der Waals surface area contributed by atoms with Gasteiger partial charge in [-0.2, -0.15) is 0 Å². The van der Waals surface area contributed by atoms with Crippen molar-refractivity contribution in [3.05, 3.63) is 54.2 Å². The number of likely N-dealkylation sites (N-methyl/N-ethyl adjacent to an activating group) is 1. The van der Waals surface area contributed by atoms with Crippen molar-refractivity contribution in [2.75, 3.05) is 39.2 Å². The van der Waals surface area contributed by atoms with E-state index in [2.05, 4.69) is 15.3 Å². The Bertz CT molecular complexity index is 1120. The lowest BCUT2D eigenvalue weighted by molar-refractivity contribution is -0.125. The second kappa shape index (κ2) is 9.27. The van der Waals surface area contributed by atoms with Gasteiger partial charge in [-0.15, -0.1) is 0 Å². The van der Waals surface area contributed by atoms with Gasteiger partial charge >= 0.3 is 0 Å². The number of hydrogen-bond donors (Lipinski definition) is 2. The van der Waals surface area contributed by atoms with Crippen LogP contribution in [0.4, 0.5) is 10.1 Å². The number of benzene rings is 2. The first kappa shape index (κ1) is 21.6. The van der Waals surface area contributed by atoms with E-state index in [4.69, 9.17) is 14.2 Å². The zero-order chi connectivity index (χ0) is 22.7. The molecular formula is C23H25FN4O4. The number of carbonyl (C=O) groups is 1. The summed E-state index contributed by atoms with van der Waals surface area (Å²) >= 11 is 0. The van der Waals surface area contributed by atoms with Crippen LogP contribution in [0.1, 0.15) is 5.82 Å². The molecule has 0 aliphatic carbocycles. The van der Waals surface area contributed by atoms with Gasteiger partial charge < -0.3 is 29.4 Å². The first-order valence-corrected chi connectivity index (χ1v) is 10.2. The molecule has 1 amide bonds. The lowest BCUT2D eigenvalue weighted by Gasteiger charge is -2.26. The second-order valence-electron chi connectivity index (χ2n) is 7.72. The predicted octanol–water partition coefficient (Wildman–Crippen LogP) is 3.24. The predicted molar refractivity (Wildman–Crippen MR) is 118 cm³/mol. The highest BCUT2D eigenvalue weighted by atomic mass is 19.1. The van der Waals surface area contributed by atoms with Crippen LogP contribution in [0.3, 0.4) is 0 Å². The summed E-state index contributed by atoms with van der Waals surface area (Å²) in [6.45, 7) is 2.85. The number of fused-ring (bicyclic) bond motifs is 1. The Hall–Kier alpha value is -3.59. The van der Waals surface area contributed by atoms with E-state index in [9.17, 15) is 9.18 Å². The van der Waals surface area contributed by atoms with Gasteiger partial charge in [-0.25, -0.2) is 9.37 Å². The molecule has 2 aromatic carbocycles. The zero-order valence-electron chi connectivity index (χ0n) is 18.1. The van der Waals surface area contributed by atoms with Crippen molar-refractivity contribution in [2.24, 2.45) is 0 Å². The minimum atomic E-state index is -0.877. The quantitative estimate of drug-likeness (QED) is 0.586. The summed E-state index contributed by atoms with van der Waals surface area (Å²) in [6.07, 6.45) is 0.679. The number of aromatic nitrogens is 2. The topological polar surface area (TPSA) is 88.7 Å². The van der Waals surface area contributed by atoms with Crippen LogP contribution >= 0.6 is 0 Å². The molecule has 1 aromatic heterocycles. The average Bonchev–Trinajstić information content (AvgIpc) is 3.20. The molecule has 4 rings (SSSR count). The van der Waals surface area contributed by atoms with Crippen LogP contribution < -0.4 is 19.5 Å². The zero-order valence-corrected chi connectivity index (χ0v) is 18.1. The number of aryl methyl sites for hydroxylation is 1. The summed E-state index contributed by atoms with van der Waals surface area (Å²) in [5.74, 6) is 1.10. The minimum Gasteiger partial charge on any atom is -0.490 e. The number of imidazole rings is 1. The number of amides is 1.